The minimum absolute atomic E-state index is 0.0360. The largest absolute Gasteiger partial charge is 0.416 e. The van der Waals surface area contributed by atoms with Gasteiger partial charge in [-0.05, 0) is 54.8 Å². The van der Waals surface area contributed by atoms with Crippen LogP contribution in [0.25, 0.3) is 11.5 Å². The molecule has 0 unspecified atom stereocenters. The Bertz CT molecular complexity index is 1100. The predicted octanol–water partition coefficient (Wildman–Crippen LogP) is 5.45. The van der Waals surface area contributed by atoms with Gasteiger partial charge in [0.15, 0.2) is 5.82 Å². The molecule has 35 heavy (non-hydrogen) atoms. The van der Waals surface area contributed by atoms with Crippen molar-refractivity contribution >= 4 is 5.91 Å². The number of carbonyl (C=O) groups excluding carboxylic acids is 1. The SMILES string of the molecule is CCCCCc1ccc(C(=O)N2CCN(Cc3noc(-c4ccc(C(F)(F)F)cc4)n3)CC2)cc1. The molecule has 3 aromatic rings. The lowest BCUT2D eigenvalue weighted by molar-refractivity contribution is -0.137. The van der Waals surface area contributed by atoms with Crippen LogP contribution in [0.1, 0.15) is 53.5 Å². The molecule has 2 heterocycles. The number of alkyl halides is 3. The van der Waals surface area contributed by atoms with Gasteiger partial charge in [0, 0.05) is 37.3 Å². The fourth-order valence-corrected chi connectivity index (χ4v) is 4.12. The highest BCUT2D eigenvalue weighted by Crippen LogP contribution is 2.30. The fourth-order valence-electron chi connectivity index (χ4n) is 4.12. The molecular weight excluding hydrogens is 457 g/mol. The molecule has 1 amide bonds. The number of rotatable bonds is 8. The van der Waals surface area contributed by atoms with Crippen LogP contribution >= 0.6 is 0 Å². The van der Waals surface area contributed by atoms with Crippen LogP contribution in [-0.2, 0) is 19.1 Å². The van der Waals surface area contributed by atoms with Gasteiger partial charge in [-0.15, -0.1) is 0 Å². The lowest BCUT2D eigenvalue weighted by atomic mass is 10.0. The van der Waals surface area contributed by atoms with E-state index in [4.69, 9.17) is 4.52 Å². The molecule has 186 valence electrons. The highest BCUT2D eigenvalue weighted by Gasteiger charge is 2.30. The summed E-state index contributed by atoms with van der Waals surface area (Å²) in [6, 6.07) is 12.6. The second-order valence-corrected chi connectivity index (χ2v) is 8.81. The van der Waals surface area contributed by atoms with Crippen LogP contribution in [0.3, 0.4) is 0 Å². The lowest BCUT2D eigenvalue weighted by Crippen LogP contribution is -2.48. The molecule has 0 bridgehead atoms. The van der Waals surface area contributed by atoms with Gasteiger partial charge in [0.25, 0.3) is 11.8 Å². The molecular formula is C26H29F3N4O2. The van der Waals surface area contributed by atoms with Crippen LogP contribution in [0.2, 0.25) is 0 Å². The van der Waals surface area contributed by atoms with Crippen molar-refractivity contribution in [2.24, 2.45) is 0 Å². The molecule has 0 aliphatic carbocycles. The van der Waals surface area contributed by atoms with Crippen molar-refractivity contribution in [2.45, 2.75) is 45.3 Å². The molecule has 6 nitrogen and oxygen atoms in total. The number of halogens is 3. The van der Waals surface area contributed by atoms with Gasteiger partial charge < -0.3 is 9.42 Å². The van der Waals surface area contributed by atoms with Crippen molar-refractivity contribution in [3.05, 3.63) is 71.0 Å². The second-order valence-electron chi connectivity index (χ2n) is 8.81. The molecule has 0 atom stereocenters. The van der Waals surface area contributed by atoms with Gasteiger partial charge in [-0.2, -0.15) is 18.2 Å². The maximum atomic E-state index is 12.9. The number of nitrogens with zero attached hydrogens (tertiary/aromatic N) is 4. The Morgan fingerprint density at radius 2 is 1.66 bits per heavy atom. The van der Waals surface area contributed by atoms with Crippen molar-refractivity contribution < 1.29 is 22.5 Å². The number of aromatic nitrogens is 2. The normalized spacial score (nSPS) is 14.9. The van der Waals surface area contributed by atoms with Crippen LogP contribution in [0.15, 0.2) is 53.1 Å². The maximum absolute atomic E-state index is 12.9. The average molecular weight is 487 g/mol. The molecule has 9 heteroatoms. The first-order chi connectivity index (χ1) is 16.8. The summed E-state index contributed by atoms with van der Waals surface area (Å²) in [7, 11) is 0. The standard InChI is InChI=1S/C26H29F3N4O2/c1-2-3-4-5-19-6-8-21(9-7-19)25(34)33-16-14-32(15-17-33)18-23-30-24(35-31-23)20-10-12-22(13-11-20)26(27,28)29/h6-13H,2-5,14-18H2,1H3. The Hall–Kier alpha value is -3.20. The lowest BCUT2D eigenvalue weighted by Gasteiger charge is -2.34. The summed E-state index contributed by atoms with van der Waals surface area (Å²) in [6.45, 7) is 5.17. The van der Waals surface area contributed by atoms with Crippen molar-refractivity contribution in [1.82, 2.24) is 19.9 Å². The van der Waals surface area contributed by atoms with Crippen molar-refractivity contribution in [3.8, 4) is 11.5 Å². The molecule has 2 aromatic carbocycles. The number of aryl methyl sites for hydroxylation is 1. The van der Waals surface area contributed by atoms with Crippen LogP contribution < -0.4 is 0 Å². The second kappa shape index (κ2) is 11.0. The van der Waals surface area contributed by atoms with Crippen LogP contribution in [0, 0.1) is 0 Å². The third-order valence-corrected chi connectivity index (χ3v) is 6.22. The van der Waals surface area contributed by atoms with E-state index < -0.39 is 11.7 Å². The molecule has 0 N–H and O–H groups in total. The van der Waals surface area contributed by atoms with E-state index in [0.29, 0.717) is 49.7 Å². The Kier molecular flexibility index (Phi) is 7.85. The van der Waals surface area contributed by atoms with Gasteiger partial charge in [0.2, 0.25) is 0 Å². The summed E-state index contributed by atoms with van der Waals surface area (Å²) < 4.78 is 43.5. The molecule has 1 aliphatic rings. The summed E-state index contributed by atoms with van der Waals surface area (Å²) >= 11 is 0. The van der Waals surface area contributed by atoms with Crippen LogP contribution in [0.5, 0.6) is 0 Å². The molecule has 0 spiro atoms. The van der Waals surface area contributed by atoms with Crippen molar-refractivity contribution in [1.29, 1.82) is 0 Å². The maximum Gasteiger partial charge on any atom is 0.416 e. The third-order valence-electron chi connectivity index (χ3n) is 6.22. The van der Waals surface area contributed by atoms with Gasteiger partial charge in [-0.25, -0.2) is 0 Å². The number of piperazine rings is 1. The first-order valence-corrected chi connectivity index (χ1v) is 11.9. The van der Waals surface area contributed by atoms with E-state index in [2.05, 4.69) is 22.0 Å². The molecule has 1 fully saturated rings. The molecule has 0 radical (unpaired) electrons. The molecule has 1 saturated heterocycles. The van der Waals surface area contributed by atoms with Gasteiger partial charge in [-0.3, -0.25) is 9.69 Å². The summed E-state index contributed by atoms with van der Waals surface area (Å²) in [5.41, 5.74) is 1.67. The zero-order valence-electron chi connectivity index (χ0n) is 19.7. The summed E-state index contributed by atoms with van der Waals surface area (Å²) in [5.74, 6) is 0.674. The number of unbranched alkanes of at least 4 members (excludes halogenated alkanes) is 2. The Morgan fingerprint density at radius 1 is 0.971 bits per heavy atom. The smallest absolute Gasteiger partial charge is 0.336 e. The van der Waals surface area contributed by atoms with Gasteiger partial charge in [-0.1, -0.05) is 37.1 Å². The first kappa shape index (κ1) is 24.9. The van der Waals surface area contributed by atoms with Crippen LogP contribution in [-0.4, -0.2) is 52.0 Å². The van der Waals surface area contributed by atoms with Gasteiger partial charge in [0.1, 0.15) is 0 Å². The molecule has 1 aromatic heterocycles. The van der Waals surface area contributed by atoms with E-state index in [1.807, 2.05) is 29.2 Å². The number of carbonyl (C=O) groups is 1. The van der Waals surface area contributed by atoms with Crippen molar-refractivity contribution in [2.75, 3.05) is 26.2 Å². The first-order valence-electron chi connectivity index (χ1n) is 11.9. The Labute approximate surface area is 202 Å². The van der Waals surface area contributed by atoms with Gasteiger partial charge >= 0.3 is 6.18 Å². The minimum Gasteiger partial charge on any atom is -0.336 e. The number of amides is 1. The highest BCUT2D eigenvalue weighted by atomic mass is 19.4. The Balaban J connectivity index is 1.27. The van der Waals surface area contributed by atoms with E-state index in [0.717, 1.165) is 25.0 Å². The molecule has 1 aliphatic heterocycles. The number of benzene rings is 2. The summed E-state index contributed by atoms with van der Waals surface area (Å²) in [4.78, 5) is 21.2. The Morgan fingerprint density at radius 3 is 2.29 bits per heavy atom. The zero-order chi connectivity index (χ0) is 24.8. The fraction of sp³-hybridized carbons (Fsp3) is 0.423. The van der Waals surface area contributed by atoms with E-state index in [9.17, 15) is 18.0 Å². The summed E-state index contributed by atoms with van der Waals surface area (Å²) in [5, 5.41) is 3.96. The van der Waals surface area contributed by atoms with E-state index in [1.54, 1.807) is 0 Å². The quantitative estimate of drug-likeness (QED) is 0.397. The van der Waals surface area contributed by atoms with Gasteiger partial charge in [0.05, 0.1) is 12.1 Å². The van der Waals surface area contributed by atoms with Crippen molar-refractivity contribution in [3.63, 3.8) is 0 Å². The van der Waals surface area contributed by atoms with E-state index in [1.165, 1.54) is 30.5 Å². The number of hydrogen-bond donors (Lipinski definition) is 0. The molecule has 0 saturated carbocycles. The minimum atomic E-state index is -4.39. The van der Waals surface area contributed by atoms with Crippen LogP contribution in [0.4, 0.5) is 13.2 Å². The topological polar surface area (TPSA) is 62.5 Å². The summed E-state index contributed by atoms with van der Waals surface area (Å²) in [6.07, 6.45) is 0.218. The predicted molar refractivity (Wildman–Crippen MR) is 126 cm³/mol. The zero-order valence-corrected chi connectivity index (χ0v) is 19.7. The third kappa shape index (κ3) is 6.48. The van der Waals surface area contributed by atoms with E-state index >= 15 is 0 Å². The van der Waals surface area contributed by atoms with E-state index in [-0.39, 0.29) is 11.8 Å². The highest BCUT2D eigenvalue weighted by molar-refractivity contribution is 5.94. The molecule has 4 rings (SSSR count). The number of hydrogen-bond acceptors (Lipinski definition) is 5. The average Bonchev–Trinajstić information content (AvgIpc) is 3.33. The monoisotopic (exact) mass is 486 g/mol.